The van der Waals surface area contributed by atoms with Crippen molar-refractivity contribution in [2.45, 2.75) is 57.8 Å². The number of carbonyl (C=O) groups excluding carboxylic acids is 1. The van der Waals surface area contributed by atoms with Crippen molar-refractivity contribution in [2.75, 3.05) is 26.2 Å². The number of amides is 1. The number of halogens is 2. The minimum absolute atomic E-state index is 0. The molecule has 3 fully saturated rings. The van der Waals surface area contributed by atoms with Crippen LogP contribution >= 0.6 is 36.2 Å². The number of aryl methyl sites for hydroxylation is 1. The molecule has 0 radical (unpaired) electrons. The summed E-state index contributed by atoms with van der Waals surface area (Å²) in [5, 5.41) is 6.95. The van der Waals surface area contributed by atoms with Gasteiger partial charge in [0.2, 0.25) is 5.91 Å². The van der Waals surface area contributed by atoms with Gasteiger partial charge in [0.15, 0.2) is 0 Å². The molecular weight excluding hydrogens is 389 g/mol. The first-order valence-corrected chi connectivity index (χ1v) is 10.6. The number of carbonyl (C=O) groups is 1. The molecule has 2 saturated heterocycles. The largest absolute Gasteiger partial charge is 0.341 e. The van der Waals surface area contributed by atoms with Gasteiger partial charge in [0, 0.05) is 30.9 Å². The van der Waals surface area contributed by atoms with Crippen LogP contribution in [-0.2, 0) is 11.2 Å². The number of hydrogen-bond donors (Lipinski definition) is 1. The first-order chi connectivity index (χ1) is 11.7. The number of fused-ring (bicyclic) bond motifs is 1. The molecule has 148 valence electrons. The lowest BCUT2D eigenvalue weighted by Gasteiger charge is -2.43. The van der Waals surface area contributed by atoms with E-state index in [1.54, 1.807) is 11.3 Å². The number of rotatable bonds is 3. The molecule has 2 aliphatic heterocycles. The summed E-state index contributed by atoms with van der Waals surface area (Å²) >= 11 is 1.79. The average molecular weight is 420 g/mol. The summed E-state index contributed by atoms with van der Waals surface area (Å²) in [6.45, 7) is 5.91. The number of likely N-dealkylation sites (tertiary alicyclic amines) is 1. The second-order valence-corrected chi connectivity index (χ2v) is 8.74. The number of aromatic nitrogens is 1. The standard InChI is InChI=1S/C19H29N3OS.2ClH/c1-2-16-12-24-17(21-16)14-6-5-9-22(11-14)18(23)19-8-4-3-7-15(19)10-20-13-19;;/h12,14-15,20H,2-11,13H2,1H3;2*1H/t14?,15-,19+;;/m0../s1. The number of thiazole rings is 1. The van der Waals surface area contributed by atoms with Crippen LogP contribution in [0, 0.1) is 11.3 Å². The summed E-state index contributed by atoms with van der Waals surface area (Å²) in [4.78, 5) is 20.4. The van der Waals surface area contributed by atoms with E-state index >= 15 is 0 Å². The molecule has 1 N–H and O–H groups in total. The maximum atomic E-state index is 13.5. The SMILES string of the molecule is CCc1csc(C2CCCN(C(=O)[C@@]34CCCC[C@H]3CNC4)C2)n1.Cl.Cl. The van der Waals surface area contributed by atoms with Gasteiger partial charge in [-0.05, 0) is 44.6 Å². The molecule has 3 heterocycles. The molecule has 4 nitrogen and oxygen atoms in total. The summed E-state index contributed by atoms with van der Waals surface area (Å²) in [5.74, 6) is 1.45. The van der Waals surface area contributed by atoms with Gasteiger partial charge in [-0.3, -0.25) is 4.79 Å². The molecule has 1 aliphatic carbocycles. The molecule has 0 spiro atoms. The molecule has 0 aromatic carbocycles. The van der Waals surface area contributed by atoms with E-state index in [4.69, 9.17) is 4.98 Å². The fourth-order valence-corrected chi connectivity index (χ4v) is 6.05. The van der Waals surface area contributed by atoms with Crippen molar-refractivity contribution in [3.8, 4) is 0 Å². The molecular formula is C19H31Cl2N3OS. The maximum Gasteiger partial charge on any atom is 0.230 e. The van der Waals surface area contributed by atoms with Crippen molar-refractivity contribution in [1.82, 2.24) is 15.2 Å². The van der Waals surface area contributed by atoms with Crippen LogP contribution in [0.25, 0.3) is 0 Å². The Kier molecular flexibility index (Phi) is 7.78. The lowest BCUT2D eigenvalue weighted by atomic mass is 9.67. The van der Waals surface area contributed by atoms with Crippen LogP contribution in [0.4, 0.5) is 0 Å². The zero-order chi connectivity index (χ0) is 16.6. The summed E-state index contributed by atoms with van der Waals surface area (Å²) in [7, 11) is 0. The first-order valence-electron chi connectivity index (χ1n) is 9.67. The maximum absolute atomic E-state index is 13.5. The van der Waals surface area contributed by atoms with E-state index in [1.807, 2.05) is 0 Å². The van der Waals surface area contributed by atoms with Gasteiger partial charge in [-0.15, -0.1) is 36.2 Å². The Morgan fingerprint density at radius 2 is 2.19 bits per heavy atom. The van der Waals surface area contributed by atoms with Crippen LogP contribution in [0.1, 0.15) is 62.1 Å². The van der Waals surface area contributed by atoms with Crippen molar-refractivity contribution in [3.63, 3.8) is 0 Å². The van der Waals surface area contributed by atoms with Gasteiger partial charge >= 0.3 is 0 Å². The number of hydrogen-bond acceptors (Lipinski definition) is 4. The van der Waals surface area contributed by atoms with E-state index < -0.39 is 0 Å². The Bertz CT molecular complexity index is 611. The molecule has 1 unspecified atom stereocenters. The highest BCUT2D eigenvalue weighted by molar-refractivity contribution is 7.09. The van der Waals surface area contributed by atoms with Gasteiger partial charge in [0.25, 0.3) is 0 Å². The van der Waals surface area contributed by atoms with Gasteiger partial charge in [0.1, 0.15) is 0 Å². The van der Waals surface area contributed by atoms with E-state index in [2.05, 4.69) is 22.5 Å². The van der Waals surface area contributed by atoms with E-state index in [1.165, 1.54) is 36.4 Å². The third-order valence-electron chi connectivity index (χ3n) is 6.45. The van der Waals surface area contributed by atoms with E-state index in [0.717, 1.165) is 45.4 Å². The molecule has 1 aromatic rings. The van der Waals surface area contributed by atoms with Crippen molar-refractivity contribution in [3.05, 3.63) is 16.1 Å². The monoisotopic (exact) mass is 419 g/mol. The average Bonchev–Trinajstić information content (AvgIpc) is 3.28. The molecule has 1 saturated carbocycles. The van der Waals surface area contributed by atoms with Crippen molar-refractivity contribution in [1.29, 1.82) is 0 Å². The number of nitrogens with zero attached hydrogens (tertiary/aromatic N) is 2. The smallest absolute Gasteiger partial charge is 0.230 e. The fourth-order valence-electron chi connectivity index (χ4n) is 5.02. The van der Waals surface area contributed by atoms with Crippen LogP contribution in [0.15, 0.2) is 5.38 Å². The highest BCUT2D eigenvalue weighted by Gasteiger charge is 2.51. The number of nitrogens with one attached hydrogen (secondary N) is 1. The molecule has 3 atom stereocenters. The lowest BCUT2D eigenvalue weighted by molar-refractivity contribution is -0.146. The minimum atomic E-state index is -0.0996. The van der Waals surface area contributed by atoms with Crippen LogP contribution in [0.5, 0.6) is 0 Å². The van der Waals surface area contributed by atoms with Crippen LogP contribution in [-0.4, -0.2) is 42.0 Å². The second kappa shape index (κ2) is 9.22. The summed E-state index contributed by atoms with van der Waals surface area (Å²) in [5.41, 5.74) is 1.10. The minimum Gasteiger partial charge on any atom is -0.341 e. The second-order valence-electron chi connectivity index (χ2n) is 7.85. The third kappa shape index (κ3) is 3.91. The van der Waals surface area contributed by atoms with Crippen LogP contribution < -0.4 is 5.32 Å². The normalized spacial score (nSPS) is 30.9. The Morgan fingerprint density at radius 3 is 2.96 bits per heavy atom. The molecule has 4 rings (SSSR count). The predicted octanol–water partition coefficient (Wildman–Crippen LogP) is 4.03. The van der Waals surface area contributed by atoms with Gasteiger partial charge in [-0.25, -0.2) is 4.98 Å². The van der Waals surface area contributed by atoms with Crippen molar-refractivity contribution >= 4 is 42.1 Å². The van der Waals surface area contributed by atoms with E-state index in [-0.39, 0.29) is 30.2 Å². The fraction of sp³-hybridized carbons (Fsp3) is 0.789. The van der Waals surface area contributed by atoms with Crippen molar-refractivity contribution < 1.29 is 4.79 Å². The highest BCUT2D eigenvalue weighted by Crippen LogP contribution is 2.46. The Morgan fingerprint density at radius 1 is 1.35 bits per heavy atom. The van der Waals surface area contributed by atoms with E-state index in [9.17, 15) is 4.79 Å². The molecule has 1 amide bonds. The zero-order valence-corrected chi connectivity index (χ0v) is 18.0. The first kappa shape index (κ1) is 21.9. The highest BCUT2D eigenvalue weighted by atomic mass is 35.5. The van der Waals surface area contributed by atoms with Gasteiger partial charge in [0.05, 0.1) is 16.1 Å². The quantitative estimate of drug-likeness (QED) is 0.803. The van der Waals surface area contributed by atoms with Crippen LogP contribution in [0.3, 0.4) is 0 Å². The van der Waals surface area contributed by atoms with Crippen molar-refractivity contribution in [2.24, 2.45) is 11.3 Å². The topological polar surface area (TPSA) is 45.2 Å². The summed E-state index contributed by atoms with van der Waals surface area (Å²) < 4.78 is 0. The number of piperidine rings is 1. The molecule has 0 bridgehead atoms. The zero-order valence-electron chi connectivity index (χ0n) is 15.5. The Balaban J connectivity index is 0.00000121. The predicted molar refractivity (Wildman–Crippen MR) is 112 cm³/mol. The van der Waals surface area contributed by atoms with E-state index in [0.29, 0.717) is 17.7 Å². The Labute approximate surface area is 173 Å². The van der Waals surface area contributed by atoms with Gasteiger partial charge in [-0.1, -0.05) is 19.8 Å². The summed E-state index contributed by atoms with van der Waals surface area (Å²) in [6.07, 6.45) is 8.11. The molecule has 7 heteroatoms. The van der Waals surface area contributed by atoms with Gasteiger partial charge in [-0.2, -0.15) is 0 Å². The molecule has 26 heavy (non-hydrogen) atoms. The lowest BCUT2D eigenvalue weighted by Crippen LogP contribution is -2.52. The van der Waals surface area contributed by atoms with Crippen LogP contribution in [0.2, 0.25) is 0 Å². The summed E-state index contributed by atoms with van der Waals surface area (Å²) in [6, 6.07) is 0. The van der Waals surface area contributed by atoms with Gasteiger partial charge < -0.3 is 10.2 Å². The molecule has 3 aliphatic rings. The molecule has 1 aromatic heterocycles. The Hall–Kier alpha value is -0.360. The third-order valence-corrected chi connectivity index (χ3v) is 7.51.